The van der Waals surface area contributed by atoms with E-state index in [1.807, 2.05) is 0 Å². The van der Waals surface area contributed by atoms with Crippen LogP contribution in [0.25, 0.3) is 21.9 Å². The topological polar surface area (TPSA) is 103 Å². The van der Waals surface area contributed by atoms with Crippen molar-refractivity contribution >= 4 is 34.2 Å². The lowest BCUT2D eigenvalue weighted by Crippen LogP contribution is -2.34. The van der Waals surface area contributed by atoms with Gasteiger partial charge >= 0.3 is 6.09 Å². The smallest absolute Gasteiger partial charge is 0.407 e. The minimum absolute atomic E-state index is 0.0267. The Labute approximate surface area is 183 Å². The highest BCUT2D eigenvalue weighted by molar-refractivity contribution is 6.31. The average molecular weight is 444 g/mol. The number of carbonyl (C=O) groups is 1. The van der Waals surface area contributed by atoms with E-state index < -0.39 is 16.6 Å². The first-order valence-corrected chi connectivity index (χ1v) is 9.88. The lowest BCUT2D eigenvalue weighted by atomic mass is 9.96. The fourth-order valence-corrected chi connectivity index (χ4v) is 3.48. The van der Waals surface area contributed by atoms with Gasteiger partial charge in [-0.1, -0.05) is 23.7 Å². The molecule has 162 valence electrons. The Balaban J connectivity index is 2.23. The summed E-state index contributed by atoms with van der Waals surface area (Å²) in [6, 6.07) is 11.0. The molecule has 0 aliphatic rings. The molecule has 0 saturated carbocycles. The molecule has 8 nitrogen and oxygen atoms in total. The van der Waals surface area contributed by atoms with Crippen LogP contribution < -0.4 is 10.9 Å². The summed E-state index contributed by atoms with van der Waals surface area (Å²) in [7, 11) is 1.59. The fourth-order valence-electron chi connectivity index (χ4n) is 3.31. The van der Waals surface area contributed by atoms with Crippen LogP contribution in [0.15, 0.2) is 47.3 Å². The Morgan fingerprint density at radius 1 is 1.19 bits per heavy atom. The second-order valence-corrected chi connectivity index (χ2v) is 8.48. The van der Waals surface area contributed by atoms with Crippen LogP contribution >= 0.6 is 11.6 Å². The van der Waals surface area contributed by atoms with E-state index in [1.54, 1.807) is 58.2 Å². The maximum Gasteiger partial charge on any atom is 0.407 e. The number of alkyl carbamates (subject to hydrolysis) is 1. The number of nitrogens with one attached hydrogen (secondary N) is 1. The molecule has 3 rings (SSSR count). The van der Waals surface area contributed by atoms with Gasteiger partial charge in [-0.15, -0.1) is 0 Å². The number of nitro groups is 1. The van der Waals surface area contributed by atoms with E-state index in [-0.39, 0.29) is 17.8 Å². The molecule has 1 amide bonds. The van der Waals surface area contributed by atoms with Gasteiger partial charge in [0.05, 0.1) is 11.5 Å². The van der Waals surface area contributed by atoms with Crippen LogP contribution in [-0.2, 0) is 18.3 Å². The molecule has 9 heteroatoms. The van der Waals surface area contributed by atoms with Gasteiger partial charge in [0, 0.05) is 40.8 Å². The summed E-state index contributed by atoms with van der Waals surface area (Å²) in [6.07, 6.45) is -0.642. The number of amides is 1. The molecule has 2 aromatic carbocycles. The molecular formula is C22H22ClN3O5. The van der Waals surface area contributed by atoms with Gasteiger partial charge in [-0.05, 0) is 49.9 Å². The van der Waals surface area contributed by atoms with Crippen LogP contribution in [0.3, 0.4) is 0 Å². The average Bonchev–Trinajstić information content (AvgIpc) is 2.68. The quantitative estimate of drug-likeness (QED) is 0.461. The monoisotopic (exact) mass is 443 g/mol. The van der Waals surface area contributed by atoms with E-state index in [9.17, 15) is 19.7 Å². The van der Waals surface area contributed by atoms with Crippen molar-refractivity contribution in [1.29, 1.82) is 0 Å². The standard InChI is InChI=1S/C22H22ClN3O5/c1-22(2,3)31-21(28)24-12-18-19(13-6-5-7-15(10-13)26(29)30)17-11-14(23)8-9-16(17)20(27)25(18)4/h5-11H,12H2,1-4H3,(H,24,28). The number of ether oxygens (including phenoxy) is 1. The number of hydrogen-bond acceptors (Lipinski definition) is 5. The predicted octanol–water partition coefficient (Wildman–Crippen LogP) is 4.79. The molecule has 0 spiro atoms. The summed E-state index contributed by atoms with van der Waals surface area (Å²) >= 11 is 6.20. The van der Waals surface area contributed by atoms with Crippen molar-refractivity contribution in [2.24, 2.45) is 7.05 Å². The summed E-state index contributed by atoms with van der Waals surface area (Å²) in [4.78, 5) is 36.0. The second-order valence-electron chi connectivity index (χ2n) is 8.04. The summed E-state index contributed by atoms with van der Waals surface area (Å²) in [6.45, 7) is 5.21. The summed E-state index contributed by atoms with van der Waals surface area (Å²) in [5.74, 6) is 0. The van der Waals surface area contributed by atoms with Crippen molar-refractivity contribution in [1.82, 2.24) is 9.88 Å². The third-order valence-corrected chi connectivity index (χ3v) is 4.86. The van der Waals surface area contributed by atoms with Crippen molar-refractivity contribution < 1.29 is 14.5 Å². The molecule has 0 saturated heterocycles. The van der Waals surface area contributed by atoms with Crippen molar-refractivity contribution in [2.75, 3.05) is 0 Å². The number of fused-ring (bicyclic) bond motifs is 1. The van der Waals surface area contributed by atoms with Gasteiger partial charge in [-0.25, -0.2) is 4.79 Å². The fraction of sp³-hybridized carbons (Fsp3) is 0.273. The van der Waals surface area contributed by atoms with Crippen molar-refractivity contribution in [3.63, 3.8) is 0 Å². The highest BCUT2D eigenvalue weighted by Gasteiger charge is 2.21. The molecule has 0 fully saturated rings. The van der Waals surface area contributed by atoms with Crippen LogP contribution in [0.4, 0.5) is 10.5 Å². The van der Waals surface area contributed by atoms with Gasteiger partial charge in [0.25, 0.3) is 11.2 Å². The first-order valence-electron chi connectivity index (χ1n) is 9.51. The van der Waals surface area contributed by atoms with E-state index in [0.717, 1.165) is 0 Å². The predicted molar refractivity (Wildman–Crippen MR) is 119 cm³/mol. The first kappa shape index (κ1) is 22.3. The van der Waals surface area contributed by atoms with Gasteiger partial charge in [-0.2, -0.15) is 0 Å². The zero-order valence-electron chi connectivity index (χ0n) is 17.6. The Hall–Kier alpha value is -3.39. The lowest BCUT2D eigenvalue weighted by Gasteiger charge is -2.21. The van der Waals surface area contributed by atoms with E-state index in [2.05, 4.69) is 5.32 Å². The van der Waals surface area contributed by atoms with Gasteiger partial charge in [-0.3, -0.25) is 14.9 Å². The van der Waals surface area contributed by atoms with Gasteiger partial charge in [0.1, 0.15) is 5.60 Å². The molecule has 0 bridgehead atoms. The van der Waals surface area contributed by atoms with Crippen LogP contribution in [-0.4, -0.2) is 21.2 Å². The van der Waals surface area contributed by atoms with E-state index in [4.69, 9.17) is 16.3 Å². The number of rotatable bonds is 4. The highest BCUT2D eigenvalue weighted by Crippen LogP contribution is 2.33. The number of hydrogen-bond donors (Lipinski definition) is 1. The second kappa shape index (κ2) is 8.39. The van der Waals surface area contributed by atoms with Crippen LogP contribution in [0.5, 0.6) is 0 Å². The molecule has 31 heavy (non-hydrogen) atoms. The molecule has 0 aliphatic heterocycles. The Kier molecular flexibility index (Phi) is 6.03. The largest absolute Gasteiger partial charge is 0.444 e. The molecule has 3 aromatic rings. The Morgan fingerprint density at radius 2 is 1.90 bits per heavy atom. The first-order chi connectivity index (χ1) is 14.5. The van der Waals surface area contributed by atoms with Gasteiger partial charge in [0.2, 0.25) is 0 Å². The molecule has 0 aliphatic carbocycles. The number of non-ortho nitro benzene ring substituents is 1. The molecule has 1 heterocycles. The van der Waals surface area contributed by atoms with Crippen molar-refractivity contribution in [3.8, 4) is 11.1 Å². The number of carbonyl (C=O) groups excluding carboxylic acids is 1. The summed E-state index contributed by atoms with van der Waals surface area (Å²) in [5.41, 5.74) is 0.508. The molecule has 0 radical (unpaired) electrons. The zero-order chi connectivity index (χ0) is 22.9. The number of nitrogens with zero attached hydrogens (tertiary/aromatic N) is 2. The Morgan fingerprint density at radius 3 is 2.55 bits per heavy atom. The maximum atomic E-state index is 13.0. The number of halogens is 1. The summed E-state index contributed by atoms with van der Waals surface area (Å²) in [5, 5.41) is 15.3. The highest BCUT2D eigenvalue weighted by atomic mass is 35.5. The third-order valence-electron chi connectivity index (χ3n) is 4.62. The normalized spacial score (nSPS) is 11.4. The number of benzene rings is 2. The van der Waals surface area contributed by atoms with E-state index in [0.29, 0.717) is 32.6 Å². The number of nitro benzene ring substituents is 1. The molecular weight excluding hydrogens is 422 g/mol. The van der Waals surface area contributed by atoms with Gasteiger partial charge < -0.3 is 14.6 Å². The molecule has 0 unspecified atom stereocenters. The van der Waals surface area contributed by atoms with Crippen molar-refractivity contribution in [2.45, 2.75) is 32.9 Å². The molecule has 1 aromatic heterocycles. The zero-order valence-corrected chi connectivity index (χ0v) is 18.3. The van der Waals surface area contributed by atoms with E-state index in [1.165, 1.54) is 16.7 Å². The number of aromatic nitrogens is 1. The van der Waals surface area contributed by atoms with Crippen LogP contribution in [0.1, 0.15) is 26.5 Å². The van der Waals surface area contributed by atoms with E-state index >= 15 is 0 Å². The summed E-state index contributed by atoms with van der Waals surface area (Å²) < 4.78 is 6.70. The number of pyridine rings is 1. The third kappa shape index (κ3) is 4.86. The maximum absolute atomic E-state index is 13.0. The lowest BCUT2D eigenvalue weighted by molar-refractivity contribution is -0.384. The minimum atomic E-state index is -0.685. The van der Waals surface area contributed by atoms with Crippen molar-refractivity contribution in [3.05, 3.63) is 73.6 Å². The molecule has 1 N–H and O–H groups in total. The van der Waals surface area contributed by atoms with Crippen LogP contribution in [0, 0.1) is 10.1 Å². The Bertz CT molecular complexity index is 1240. The molecule has 0 atom stereocenters. The van der Waals surface area contributed by atoms with Gasteiger partial charge in [0.15, 0.2) is 0 Å². The SMILES string of the molecule is Cn1c(CNC(=O)OC(C)(C)C)c(-c2cccc([N+](=O)[O-])c2)c2cc(Cl)ccc2c1=O. The van der Waals surface area contributed by atoms with Crippen LogP contribution in [0.2, 0.25) is 5.02 Å². The minimum Gasteiger partial charge on any atom is -0.444 e.